The predicted molar refractivity (Wildman–Crippen MR) is 105 cm³/mol. The molecule has 154 valence electrons. The Morgan fingerprint density at radius 3 is 2.55 bits per heavy atom. The molecule has 9 nitrogen and oxygen atoms in total. The largest absolute Gasteiger partial charge is 0.464 e. The number of esters is 1. The van der Waals surface area contributed by atoms with Gasteiger partial charge in [-0.3, -0.25) is 4.79 Å². The van der Waals surface area contributed by atoms with E-state index in [0.29, 0.717) is 13.2 Å². The molecule has 29 heavy (non-hydrogen) atoms. The van der Waals surface area contributed by atoms with E-state index >= 15 is 0 Å². The summed E-state index contributed by atoms with van der Waals surface area (Å²) in [7, 11) is -2.55. The van der Waals surface area contributed by atoms with Gasteiger partial charge in [-0.2, -0.15) is 4.31 Å². The second-order valence-electron chi connectivity index (χ2n) is 6.01. The van der Waals surface area contributed by atoms with E-state index in [9.17, 15) is 18.0 Å². The van der Waals surface area contributed by atoms with Gasteiger partial charge in [0.1, 0.15) is 11.4 Å². The number of carbonyl (C=O) groups is 2. The van der Waals surface area contributed by atoms with Crippen molar-refractivity contribution in [2.75, 3.05) is 38.7 Å². The van der Waals surface area contributed by atoms with E-state index in [4.69, 9.17) is 16.3 Å². The summed E-state index contributed by atoms with van der Waals surface area (Å²) in [5.74, 6) is -1.34. The Kier molecular flexibility index (Phi) is 6.48. The maximum absolute atomic E-state index is 12.8. The number of morpholine rings is 1. The van der Waals surface area contributed by atoms with Crippen LogP contribution in [0.1, 0.15) is 21.0 Å². The van der Waals surface area contributed by atoms with Gasteiger partial charge in [-0.1, -0.05) is 17.7 Å². The summed E-state index contributed by atoms with van der Waals surface area (Å²) in [6, 6.07) is 8.35. The molecule has 0 atom stereocenters. The van der Waals surface area contributed by atoms with Crippen molar-refractivity contribution in [1.29, 1.82) is 0 Å². The molecule has 1 aliphatic rings. The minimum atomic E-state index is -3.76. The zero-order valence-corrected chi connectivity index (χ0v) is 17.0. The smallest absolute Gasteiger partial charge is 0.356 e. The Morgan fingerprint density at radius 1 is 1.17 bits per heavy atom. The van der Waals surface area contributed by atoms with E-state index in [1.807, 2.05) is 0 Å². The summed E-state index contributed by atoms with van der Waals surface area (Å²) < 4.78 is 36.7. The fourth-order valence-electron chi connectivity index (χ4n) is 2.66. The summed E-state index contributed by atoms with van der Waals surface area (Å²) >= 11 is 6.13. The van der Waals surface area contributed by atoms with Crippen LogP contribution in [0.3, 0.4) is 0 Å². The fourth-order valence-corrected chi connectivity index (χ4v) is 4.26. The van der Waals surface area contributed by atoms with Crippen LogP contribution in [0.5, 0.6) is 0 Å². The van der Waals surface area contributed by atoms with Gasteiger partial charge in [0.05, 0.1) is 35.9 Å². The van der Waals surface area contributed by atoms with E-state index in [2.05, 4.69) is 15.0 Å². The van der Waals surface area contributed by atoms with Crippen LogP contribution in [0.25, 0.3) is 0 Å². The number of halogens is 1. The monoisotopic (exact) mass is 439 g/mol. The molecule has 3 rings (SSSR count). The Bertz CT molecular complexity index is 1040. The van der Waals surface area contributed by atoms with Crippen LogP contribution in [0.2, 0.25) is 5.02 Å². The molecule has 1 amide bonds. The summed E-state index contributed by atoms with van der Waals surface area (Å²) in [6.45, 7) is 1.13. The SMILES string of the molecule is COC(=O)c1cccc(C(=O)Nc2cc(S(=O)(=O)N3CCOCC3)ccc2Cl)n1. The predicted octanol–water partition coefficient (Wildman–Crippen LogP) is 1.79. The summed E-state index contributed by atoms with van der Waals surface area (Å²) in [5.41, 5.74) is 0.0246. The van der Waals surface area contributed by atoms with E-state index in [-0.39, 0.29) is 40.1 Å². The number of carbonyl (C=O) groups excluding carboxylic acids is 2. The first-order valence-electron chi connectivity index (χ1n) is 8.57. The highest BCUT2D eigenvalue weighted by molar-refractivity contribution is 7.89. The number of amides is 1. The molecule has 0 aliphatic carbocycles. The van der Waals surface area contributed by atoms with Crippen LogP contribution in [0.4, 0.5) is 5.69 Å². The normalized spacial score (nSPS) is 15.0. The lowest BCUT2D eigenvalue weighted by Gasteiger charge is -2.26. The van der Waals surface area contributed by atoms with Gasteiger partial charge in [-0.05, 0) is 30.3 Å². The Labute approximate surface area is 172 Å². The third kappa shape index (κ3) is 4.73. The lowest BCUT2D eigenvalue weighted by atomic mass is 10.2. The average molecular weight is 440 g/mol. The van der Waals surface area contributed by atoms with Gasteiger partial charge >= 0.3 is 5.97 Å². The summed E-state index contributed by atoms with van der Waals surface area (Å²) in [5, 5.41) is 2.69. The van der Waals surface area contributed by atoms with Gasteiger partial charge in [0, 0.05) is 13.1 Å². The molecule has 1 aromatic heterocycles. The number of benzene rings is 1. The van der Waals surface area contributed by atoms with Crippen molar-refractivity contribution in [1.82, 2.24) is 9.29 Å². The summed E-state index contributed by atoms with van der Waals surface area (Å²) in [4.78, 5) is 28.1. The number of nitrogens with zero attached hydrogens (tertiary/aromatic N) is 2. The maximum atomic E-state index is 12.8. The third-order valence-electron chi connectivity index (χ3n) is 4.17. The minimum Gasteiger partial charge on any atom is -0.464 e. The number of sulfonamides is 1. The van der Waals surface area contributed by atoms with Crippen LogP contribution in [-0.4, -0.2) is 63.0 Å². The molecule has 0 unspecified atom stereocenters. The standard InChI is InChI=1S/C18H18ClN3O6S/c1-27-18(24)15-4-2-3-14(20-15)17(23)21-16-11-12(5-6-13(16)19)29(25,26)22-7-9-28-10-8-22/h2-6,11H,7-10H2,1H3,(H,21,23). The van der Waals surface area contributed by atoms with Gasteiger partial charge in [-0.25, -0.2) is 18.2 Å². The number of aromatic nitrogens is 1. The second-order valence-corrected chi connectivity index (χ2v) is 8.36. The van der Waals surface area contributed by atoms with Crippen LogP contribution in [-0.2, 0) is 19.5 Å². The number of ether oxygens (including phenoxy) is 2. The lowest BCUT2D eigenvalue weighted by Crippen LogP contribution is -2.40. The number of hydrogen-bond acceptors (Lipinski definition) is 7. The molecular formula is C18H18ClN3O6S. The molecular weight excluding hydrogens is 422 g/mol. The first-order valence-corrected chi connectivity index (χ1v) is 10.4. The molecule has 0 saturated carbocycles. The number of methoxy groups -OCH3 is 1. The molecule has 1 aliphatic heterocycles. The molecule has 0 radical (unpaired) electrons. The molecule has 1 aromatic carbocycles. The molecule has 0 spiro atoms. The zero-order valence-electron chi connectivity index (χ0n) is 15.4. The van der Waals surface area contributed by atoms with Gasteiger partial charge in [0.2, 0.25) is 10.0 Å². The highest BCUT2D eigenvalue weighted by Gasteiger charge is 2.27. The first kappa shape index (κ1) is 21.2. The highest BCUT2D eigenvalue weighted by Crippen LogP contribution is 2.27. The molecule has 1 fully saturated rings. The van der Waals surface area contributed by atoms with Crippen molar-refractivity contribution in [3.05, 3.63) is 52.8 Å². The quantitative estimate of drug-likeness (QED) is 0.706. The summed E-state index contributed by atoms with van der Waals surface area (Å²) in [6.07, 6.45) is 0. The molecule has 2 aromatic rings. The van der Waals surface area contributed by atoms with Gasteiger partial charge in [0.25, 0.3) is 5.91 Å². The number of hydrogen-bond donors (Lipinski definition) is 1. The molecule has 2 heterocycles. The van der Waals surface area contributed by atoms with Crippen molar-refractivity contribution in [2.24, 2.45) is 0 Å². The topological polar surface area (TPSA) is 115 Å². The van der Waals surface area contributed by atoms with Crippen LogP contribution in [0, 0.1) is 0 Å². The molecule has 1 saturated heterocycles. The maximum Gasteiger partial charge on any atom is 0.356 e. The zero-order chi connectivity index (χ0) is 21.0. The molecule has 0 bridgehead atoms. The number of anilines is 1. The third-order valence-corrected chi connectivity index (χ3v) is 6.39. The van der Waals surface area contributed by atoms with Crippen molar-refractivity contribution in [3.8, 4) is 0 Å². The van der Waals surface area contributed by atoms with Crippen molar-refractivity contribution >= 4 is 39.2 Å². The number of rotatable bonds is 5. The van der Waals surface area contributed by atoms with E-state index in [1.165, 1.54) is 47.8 Å². The molecule has 11 heteroatoms. The second kappa shape index (κ2) is 8.87. The highest BCUT2D eigenvalue weighted by atomic mass is 35.5. The Morgan fingerprint density at radius 2 is 1.86 bits per heavy atom. The minimum absolute atomic E-state index is 0.00429. The lowest BCUT2D eigenvalue weighted by molar-refractivity contribution is 0.0594. The number of nitrogens with one attached hydrogen (secondary N) is 1. The first-order chi connectivity index (χ1) is 13.8. The number of pyridine rings is 1. The Balaban J connectivity index is 1.85. The van der Waals surface area contributed by atoms with Gasteiger partial charge < -0.3 is 14.8 Å². The van der Waals surface area contributed by atoms with Gasteiger partial charge in [0.15, 0.2) is 0 Å². The van der Waals surface area contributed by atoms with Crippen molar-refractivity contribution in [3.63, 3.8) is 0 Å². The average Bonchev–Trinajstić information content (AvgIpc) is 2.75. The van der Waals surface area contributed by atoms with Crippen LogP contribution >= 0.6 is 11.6 Å². The van der Waals surface area contributed by atoms with Crippen molar-refractivity contribution in [2.45, 2.75) is 4.90 Å². The molecule has 1 N–H and O–H groups in total. The van der Waals surface area contributed by atoms with E-state index in [1.54, 1.807) is 0 Å². The van der Waals surface area contributed by atoms with Gasteiger partial charge in [-0.15, -0.1) is 0 Å². The van der Waals surface area contributed by atoms with E-state index in [0.717, 1.165) is 0 Å². The van der Waals surface area contributed by atoms with E-state index < -0.39 is 21.9 Å². The van der Waals surface area contributed by atoms with Crippen LogP contribution in [0.15, 0.2) is 41.3 Å². The van der Waals surface area contributed by atoms with Crippen LogP contribution < -0.4 is 5.32 Å². The van der Waals surface area contributed by atoms with Crippen molar-refractivity contribution < 1.29 is 27.5 Å². The Hall–Kier alpha value is -2.53. The fraction of sp³-hybridized carbons (Fsp3) is 0.278.